The first-order chi connectivity index (χ1) is 17.0. The van der Waals surface area contributed by atoms with Crippen molar-refractivity contribution >= 4 is 33.2 Å². The molecule has 0 amide bonds. The molecule has 0 saturated carbocycles. The molecule has 6 rings (SSSR count). The van der Waals surface area contributed by atoms with Crippen molar-refractivity contribution in [1.82, 2.24) is 25.1 Å². The predicted molar refractivity (Wildman–Crippen MR) is 145 cm³/mol. The van der Waals surface area contributed by atoms with Gasteiger partial charge >= 0.3 is 0 Å². The number of hydrogen-bond donors (Lipinski definition) is 3. The molecule has 7 nitrogen and oxygen atoms in total. The maximum atomic E-state index is 4.70. The summed E-state index contributed by atoms with van der Waals surface area (Å²) in [6, 6.07) is 17.7. The van der Waals surface area contributed by atoms with Gasteiger partial charge in [-0.2, -0.15) is 5.10 Å². The third kappa shape index (κ3) is 4.12. The van der Waals surface area contributed by atoms with E-state index in [-0.39, 0.29) is 0 Å². The highest BCUT2D eigenvalue weighted by atomic mass is 15.2. The van der Waals surface area contributed by atoms with E-state index in [0.717, 1.165) is 70.8 Å². The van der Waals surface area contributed by atoms with Gasteiger partial charge in [-0.05, 0) is 62.9 Å². The lowest BCUT2D eigenvalue weighted by Gasteiger charge is -2.34. The van der Waals surface area contributed by atoms with Gasteiger partial charge in [0.25, 0.3) is 0 Å². The van der Waals surface area contributed by atoms with Crippen LogP contribution in [0, 0.1) is 0 Å². The van der Waals surface area contributed by atoms with Gasteiger partial charge in [0.1, 0.15) is 5.69 Å². The summed E-state index contributed by atoms with van der Waals surface area (Å²) in [6.45, 7) is 8.53. The molecule has 3 N–H and O–H groups in total. The maximum Gasteiger partial charge on any atom is 0.116 e. The molecular weight excluding hydrogens is 434 g/mol. The Labute approximate surface area is 205 Å². The fourth-order valence-corrected chi connectivity index (χ4v) is 5.00. The second kappa shape index (κ2) is 8.74. The van der Waals surface area contributed by atoms with Crippen molar-refractivity contribution in [2.45, 2.75) is 19.9 Å². The number of rotatable bonds is 5. The molecule has 0 spiro atoms. The Morgan fingerprint density at radius 3 is 2.57 bits per heavy atom. The van der Waals surface area contributed by atoms with Crippen molar-refractivity contribution in [1.29, 1.82) is 0 Å². The van der Waals surface area contributed by atoms with Crippen LogP contribution in [0.1, 0.15) is 13.8 Å². The number of piperazine rings is 1. The van der Waals surface area contributed by atoms with Crippen LogP contribution in [0.3, 0.4) is 0 Å². The normalized spacial score (nSPS) is 14.9. The Bertz CT molecular complexity index is 1490. The number of pyridine rings is 1. The summed E-state index contributed by atoms with van der Waals surface area (Å²) in [5.74, 6) is 0. The molecule has 1 aliphatic rings. The van der Waals surface area contributed by atoms with E-state index in [1.165, 1.54) is 11.1 Å². The lowest BCUT2D eigenvalue weighted by Crippen LogP contribution is -2.44. The summed E-state index contributed by atoms with van der Waals surface area (Å²) in [6.07, 6.45) is 3.78. The predicted octanol–water partition coefficient (Wildman–Crippen LogP) is 5.35. The van der Waals surface area contributed by atoms with Crippen molar-refractivity contribution in [3.8, 4) is 22.5 Å². The largest absolute Gasteiger partial charge is 0.382 e. The average Bonchev–Trinajstić information content (AvgIpc) is 3.48. The Morgan fingerprint density at radius 2 is 1.74 bits per heavy atom. The number of likely N-dealkylation sites (N-methyl/N-ethyl adjacent to an activating group) is 1. The fourth-order valence-electron chi connectivity index (χ4n) is 5.00. The van der Waals surface area contributed by atoms with E-state index in [2.05, 4.69) is 99.6 Å². The second-order valence-corrected chi connectivity index (χ2v) is 9.81. The van der Waals surface area contributed by atoms with Crippen LogP contribution in [0.5, 0.6) is 0 Å². The Balaban J connectivity index is 1.39. The molecular formula is C28H31N7. The van der Waals surface area contributed by atoms with Gasteiger partial charge in [-0.3, -0.25) is 10.1 Å². The zero-order valence-electron chi connectivity index (χ0n) is 20.5. The van der Waals surface area contributed by atoms with Gasteiger partial charge in [0, 0.05) is 72.2 Å². The van der Waals surface area contributed by atoms with E-state index in [1.54, 1.807) is 0 Å². The highest BCUT2D eigenvalue weighted by molar-refractivity contribution is 6.01. The molecule has 1 saturated heterocycles. The number of H-pyrrole nitrogens is 2. The number of hydrogen-bond acceptors (Lipinski definition) is 5. The van der Waals surface area contributed by atoms with E-state index >= 15 is 0 Å². The van der Waals surface area contributed by atoms with Gasteiger partial charge < -0.3 is 20.1 Å². The number of benzene rings is 2. The summed E-state index contributed by atoms with van der Waals surface area (Å²) in [4.78, 5) is 13.0. The van der Waals surface area contributed by atoms with Gasteiger partial charge in [-0.1, -0.05) is 12.1 Å². The van der Waals surface area contributed by atoms with Crippen molar-refractivity contribution in [3.63, 3.8) is 0 Å². The molecule has 2 aromatic carbocycles. The molecule has 0 radical (unpaired) electrons. The molecule has 0 unspecified atom stereocenters. The van der Waals surface area contributed by atoms with Gasteiger partial charge in [0.15, 0.2) is 0 Å². The first-order valence-corrected chi connectivity index (χ1v) is 12.3. The molecule has 0 aliphatic carbocycles. The minimum Gasteiger partial charge on any atom is -0.382 e. The summed E-state index contributed by atoms with van der Waals surface area (Å²) in [7, 11) is 2.19. The quantitative estimate of drug-likeness (QED) is 0.326. The number of aromatic nitrogens is 4. The molecule has 7 heteroatoms. The highest BCUT2D eigenvalue weighted by Gasteiger charge is 2.19. The van der Waals surface area contributed by atoms with Crippen LogP contribution in [-0.4, -0.2) is 64.3 Å². The van der Waals surface area contributed by atoms with Crippen LogP contribution in [0.2, 0.25) is 0 Å². The van der Waals surface area contributed by atoms with Gasteiger partial charge in [-0.25, -0.2) is 0 Å². The average molecular weight is 466 g/mol. The molecule has 1 fully saturated rings. The third-order valence-corrected chi connectivity index (χ3v) is 6.83. The maximum absolute atomic E-state index is 4.70. The van der Waals surface area contributed by atoms with Gasteiger partial charge in [0.2, 0.25) is 0 Å². The Hall–Kier alpha value is -3.84. The Kier molecular flexibility index (Phi) is 5.41. The summed E-state index contributed by atoms with van der Waals surface area (Å²) >= 11 is 0. The van der Waals surface area contributed by atoms with Crippen molar-refractivity contribution in [2.24, 2.45) is 0 Å². The third-order valence-electron chi connectivity index (χ3n) is 6.83. The highest BCUT2D eigenvalue weighted by Crippen LogP contribution is 2.35. The van der Waals surface area contributed by atoms with Crippen LogP contribution < -0.4 is 10.2 Å². The second-order valence-electron chi connectivity index (χ2n) is 9.81. The van der Waals surface area contributed by atoms with Gasteiger partial charge in [0.05, 0.1) is 16.9 Å². The van der Waals surface area contributed by atoms with Crippen LogP contribution >= 0.6 is 0 Å². The number of fused-ring (bicyclic) bond motifs is 2. The minimum atomic E-state index is 0.354. The van der Waals surface area contributed by atoms with E-state index < -0.39 is 0 Å². The summed E-state index contributed by atoms with van der Waals surface area (Å²) in [5, 5.41) is 13.7. The lowest BCUT2D eigenvalue weighted by molar-refractivity contribution is 0.313. The SMILES string of the molecule is CC(C)Nc1cncc(-c2ccc3[nH]nc(-c4cc5c(N6CCN(C)CC6)cccc5[nH]4)c3c2)c1. The first kappa shape index (κ1) is 21.7. The fraction of sp³-hybridized carbons (Fsp3) is 0.286. The van der Waals surface area contributed by atoms with E-state index in [4.69, 9.17) is 5.10 Å². The van der Waals surface area contributed by atoms with E-state index in [1.807, 2.05) is 12.4 Å². The summed E-state index contributed by atoms with van der Waals surface area (Å²) in [5.41, 5.74) is 8.64. The lowest BCUT2D eigenvalue weighted by atomic mass is 10.0. The number of aromatic amines is 2. The van der Waals surface area contributed by atoms with Crippen molar-refractivity contribution in [3.05, 3.63) is 60.9 Å². The number of nitrogens with zero attached hydrogens (tertiary/aromatic N) is 4. The van der Waals surface area contributed by atoms with Crippen LogP contribution in [0.25, 0.3) is 44.3 Å². The molecule has 4 heterocycles. The molecule has 1 aliphatic heterocycles. The van der Waals surface area contributed by atoms with E-state index in [0.29, 0.717) is 6.04 Å². The van der Waals surface area contributed by atoms with Crippen molar-refractivity contribution < 1.29 is 0 Å². The monoisotopic (exact) mass is 465 g/mol. The number of anilines is 2. The zero-order valence-corrected chi connectivity index (χ0v) is 20.5. The van der Waals surface area contributed by atoms with Crippen molar-refractivity contribution in [2.75, 3.05) is 43.4 Å². The molecule has 0 atom stereocenters. The zero-order chi connectivity index (χ0) is 23.9. The standard InChI is InChI=1S/C28H31N7/c1-18(2)30-21-13-20(16-29-17-21)19-7-8-25-23(14-19)28(33-32-25)26-15-22-24(31-26)5-4-6-27(22)35-11-9-34(3)10-12-35/h4-8,13-18,30-31H,9-12H2,1-3H3,(H,32,33). The van der Waals surface area contributed by atoms with Gasteiger partial charge in [-0.15, -0.1) is 0 Å². The van der Waals surface area contributed by atoms with Crippen LogP contribution in [0.15, 0.2) is 60.9 Å². The first-order valence-electron chi connectivity index (χ1n) is 12.3. The minimum absolute atomic E-state index is 0.354. The molecule has 0 bridgehead atoms. The topological polar surface area (TPSA) is 75.9 Å². The van der Waals surface area contributed by atoms with Crippen LogP contribution in [-0.2, 0) is 0 Å². The molecule has 35 heavy (non-hydrogen) atoms. The smallest absolute Gasteiger partial charge is 0.116 e. The number of nitrogens with one attached hydrogen (secondary N) is 3. The van der Waals surface area contributed by atoms with E-state index in [9.17, 15) is 0 Å². The molecule has 3 aromatic heterocycles. The Morgan fingerprint density at radius 1 is 0.886 bits per heavy atom. The van der Waals surface area contributed by atoms with Crippen LogP contribution in [0.4, 0.5) is 11.4 Å². The molecule has 178 valence electrons. The summed E-state index contributed by atoms with van der Waals surface area (Å²) < 4.78 is 0. The molecule has 5 aromatic rings.